The van der Waals surface area contributed by atoms with Gasteiger partial charge in [-0.3, -0.25) is 18.7 Å². The summed E-state index contributed by atoms with van der Waals surface area (Å²) < 4.78 is 14.8. The van der Waals surface area contributed by atoms with Gasteiger partial charge in [0.05, 0.1) is 26.1 Å². The van der Waals surface area contributed by atoms with E-state index in [0.29, 0.717) is 30.9 Å². The molecule has 10 nitrogen and oxygen atoms in total. The summed E-state index contributed by atoms with van der Waals surface area (Å²) in [6, 6.07) is 0. The zero-order valence-corrected chi connectivity index (χ0v) is 13.1. The van der Waals surface area contributed by atoms with Crippen LogP contribution in [0.15, 0.2) is 15.9 Å². The molecule has 2 aromatic heterocycles. The second-order valence-electron chi connectivity index (χ2n) is 4.97. The van der Waals surface area contributed by atoms with Crippen LogP contribution in [0.2, 0.25) is 0 Å². The van der Waals surface area contributed by atoms with E-state index < -0.39 is 11.7 Å². The predicted molar refractivity (Wildman–Crippen MR) is 79.2 cm³/mol. The fourth-order valence-electron chi connectivity index (χ4n) is 2.21. The van der Waals surface area contributed by atoms with Crippen molar-refractivity contribution in [3.8, 4) is 0 Å². The summed E-state index contributed by atoms with van der Waals surface area (Å²) >= 11 is 0. The molecule has 3 heterocycles. The number of carbonyl (C=O) groups is 1. The van der Waals surface area contributed by atoms with Crippen molar-refractivity contribution in [1.82, 2.24) is 18.7 Å². The quantitative estimate of drug-likeness (QED) is 0.744. The van der Waals surface area contributed by atoms with Gasteiger partial charge >= 0.3 is 5.69 Å². The highest BCUT2D eigenvalue weighted by molar-refractivity contribution is 5.69. The van der Waals surface area contributed by atoms with E-state index in [1.807, 2.05) is 0 Å². The van der Waals surface area contributed by atoms with Crippen LogP contribution in [0.4, 0.5) is 0 Å². The van der Waals surface area contributed by atoms with Gasteiger partial charge in [0.25, 0.3) is 11.5 Å². The summed E-state index contributed by atoms with van der Waals surface area (Å²) in [6.07, 6.45) is 1.15. The Hall–Kier alpha value is -2.46. The second kappa shape index (κ2) is 6.75. The topological polar surface area (TPSA) is 118 Å². The number of rotatable bonds is 2. The summed E-state index contributed by atoms with van der Waals surface area (Å²) in [5, 5.41) is 7.42. The van der Waals surface area contributed by atoms with E-state index in [-0.39, 0.29) is 11.8 Å². The van der Waals surface area contributed by atoms with Gasteiger partial charge in [0.2, 0.25) is 0 Å². The molecule has 1 aliphatic rings. The van der Waals surface area contributed by atoms with E-state index in [9.17, 15) is 9.59 Å². The maximum absolute atomic E-state index is 12.2. The number of fused-ring (bicyclic) bond motifs is 1. The van der Waals surface area contributed by atoms with Crippen LogP contribution in [0, 0.1) is 0 Å². The molecule has 0 radical (unpaired) electrons. The summed E-state index contributed by atoms with van der Waals surface area (Å²) in [4.78, 5) is 37.1. The third kappa shape index (κ3) is 3.48. The summed E-state index contributed by atoms with van der Waals surface area (Å²) in [5.41, 5.74) is -0.0143. The van der Waals surface area contributed by atoms with Gasteiger partial charge in [-0.2, -0.15) is 0 Å². The molecule has 1 fully saturated rings. The number of imidazole rings is 1. The Morgan fingerprint density at radius 2 is 1.87 bits per heavy atom. The smallest absolute Gasteiger partial charge is 0.332 e. The van der Waals surface area contributed by atoms with Crippen LogP contribution in [-0.4, -0.2) is 49.3 Å². The SMILES string of the molecule is CC(=O)O.Cn1c(=O)c2c(ncn2CC2OCCO2)n(C)c1=O. The van der Waals surface area contributed by atoms with Crippen molar-refractivity contribution < 1.29 is 19.4 Å². The molecule has 1 saturated heterocycles. The van der Waals surface area contributed by atoms with Crippen LogP contribution < -0.4 is 11.2 Å². The standard InChI is InChI=1S/C11H14N4O4.C2H4O2/c1-13-9-8(10(16)14(2)11(13)17)15(6-12-9)5-7-18-3-4-19-7;1-2(3)4/h6-7H,3-5H2,1-2H3;1H3,(H,3,4). The average molecular weight is 326 g/mol. The van der Waals surface area contributed by atoms with Crippen LogP contribution in [0.5, 0.6) is 0 Å². The van der Waals surface area contributed by atoms with Gasteiger partial charge in [-0.05, 0) is 0 Å². The van der Waals surface area contributed by atoms with Gasteiger partial charge in [0.1, 0.15) is 0 Å². The molecule has 2 aromatic rings. The minimum absolute atomic E-state index is 0.367. The highest BCUT2D eigenvalue weighted by Crippen LogP contribution is 2.11. The van der Waals surface area contributed by atoms with Gasteiger partial charge < -0.3 is 19.1 Å². The highest BCUT2D eigenvalue weighted by atomic mass is 16.7. The molecule has 1 N–H and O–H groups in total. The van der Waals surface area contributed by atoms with Gasteiger partial charge in [0, 0.05) is 21.0 Å². The lowest BCUT2D eigenvalue weighted by atomic mass is 10.5. The van der Waals surface area contributed by atoms with Crippen molar-refractivity contribution in [2.45, 2.75) is 19.8 Å². The van der Waals surface area contributed by atoms with Gasteiger partial charge in [-0.25, -0.2) is 9.78 Å². The van der Waals surface area contributed by atoms with Crippen molar-refractivity contribution >= 4 is 17.1 Å². The zero-order valence-electron chi connectivity index (χ0n) is 13.1. The first-order valence-corrected chi connectivity index (χ1v) is 6.86. The molecule has 23 heavy (non-hydrogen) atoms. The number of carboxylic acid groups (broad SMARTS) is 1. The van der Waals surface area contributed by atoms with E-state index >= 15 is 0 Å². The molecule has 0 aromatic carbocycles. The van der Waals surface area contributed by atoms with Crippen LogP contribution in [0.1, 0.15) is 6.92 Å². The monoisotopic (exact) mass is 326 g/mol. The Labute approximate surface area is 130 Å². The molecule has 126 valence electrons. The molecule has 3 rings (SSSR count). The Morgan fingerprint density at radius 1 is 1.30 bits per heavy atom. The molecule has 10 heteroatoms. The number of hydrogen-bond donors (Lipinski definition) is 1. The first-order chi connectivity index (χ1) is 10.8. The summed E-state index contributed by atoms with van der Waals surface area (Å²) in [6.45, 7) is 2.56. The molecule has 0 bridgehead atoms. The molecular weight excluding hydrogens is 308 g/mol. The lowest BCUT2D eigenvalue weighted by molar-refractivity contribution is -0.134. The first-order valence-electron chi connectivity index (χ1n) is 6.86. The van der Waals surface area contributed by atoms with Crippen molar-refractivity contribution in [1.29, 1.82) is 0 Å². The largest absolute Gasteiger partial charge is 0.481 e. The highest BCUT2D eigenvalue weighted by Gasteiger charge is 2.20. The number of nitrogens with zero attached hydrogens (tertiary/aromatic N) is 4. The number of hydrogen-bond acceptors (Lipinski definition) is 6. The van der Waals surface area contributed by atoms with Gasteiger partial charge in [-0.1, -0.05) is 0 Å². The first kappa shape index (κ1) is 16.9. The van der Waals surface area contributed by atoms with E-state index in [0.717, 1.165) is 11.5 Å². The molecule has 0 amide bonds. The maximum atomic E-state index is 12.2. The van der Waals surface area contributed by atoms with Gasteiger partial charge in [-0.15, -0.1) is 0 Å². The van der Waals surface area contributed by atoms with Crippen molar-refractivity contribution in [3.63, 3.8) is 0 Å². The summed E-state index contributed by atoms with van der Waals surface area (Å²) in [7, 11) is 3.04. The third-order valence-electron chi connectivity index (χ3n) is 3.25. The zero-order chi connectivity index (χ0) is 17.1. The Morgan fingerprint density at radius 3 is 2.43 bits per heavy atom. The summed E-state index contributed by atoms with van der Waals surface area (Å²) in [5.74, 6) is -0.833. The van der Waals surface area contributed by atoms with Crippen molar-refractivity contribution in [2.75, 3.05) is 13.2 Å². The fourth-order valence-corrected chi connectivity index (χ4v) is 2.21. The van der Waals surface area contributed by atoms with Crippen LogP contribution in [0.25, 0.3) is 11.2 Å². The normalized spacial score (nSPS) is 14.7. The molecule has 0 aliphatic carbocycles. The third-order valence-corrected chi connectivity index (χ3v) is 3.25. The number of aryl methyl sites for hydroxylation is 1. The van der Waals surface area contributed by atoms with Crippen molar-refractivity contribution in [3.05, 3.63) is 27.2 Å². The Bertz CT molecular complexity index is 823. The van der Waals surface area contributed by atoms with Crippen LogP contribution >= 0.6 is 0 Å². The molecule has 0 saturated carbocycles. The van der Waals surface area contributed by atoms with Crippen LogP contribution in [0.3, 0.4) is 0 Å². The predicted octanol–water partition coefficient (Wildman–Crippen LogP) is -1.10. The van der Waals surface area contributed by atoms with E-state index in [2.05, 4.69) is 4.98 Å². The number of carboxylic acids is 1. The number of aliphatic carboxylic acids is 1. The number of ether oxygens (including phenoxy) is 2. The van der Waals surface area contributed by atoms with Crippen molar-refractivity contribution in [2.24, 2.45) is 14.1 Å². The lowest BCUT2D eigenvalue weighted by Crippen LogP contribution is -2.37. The average Bonchev–Trinajstić information content (AvgIpc) is 3.12. The molecule has 0 atom stereocenters. The van der Waals surface area contributed by atoms with E-state index in [4.69, 9.17) is 19.4 Å². The molecule has 1 aliphatic heterocycles. The minimum Gasteiger partial charge on any atom is -0.481 e. The molecule has 0 spiro atoms. The Kier molecular flexibility index (Phi) is 4.96. The maximum Gasteiger partial charge on any atom is 0.332 e. The lowest BCUT2D eigenvalue weighted by Gasteiger charge is -2.10. The van der Waals surface area contributed by atoms with Crippen LogP contribution in [-0.2, 0) is 34.9 Å². The van der Waals surface area contributed by atoms with E-state index in [1.165, 1.54) is 17.9 Å². The Balaban J connectivity index is 0.000000433. The number of aromatic nitrogens is 4. The fraction of sp³-hybridized carbons (Fsp3) is 0.538. The van der Waals surface area contributed by atoms with E-state index in [1.54, 1.807) is 11.6 Å². The second-order valence-corrected chi connectivity index (χ2v) is 4.97. The van der Waals surface area contributed by atoms with Gasteiger partial charge in [0.15, 0.2) is 17.5 Å². The molecule has 0 unspecified atom stereocenters. The minimum atomic E-state index is -0.833. The molecular formula is C13H18N4O6.